The van der Waals surface area contributed by atoms with Gasteiger partial charge in [-0.15, -0.1) is 0 Å². The maximum Gasteiger partial charge on any atom is 0.317 e. The van der Waals surface area contributed by atoms with Crippen LogP contribution < -0.4 is 74.9 Å². The third kappa shape index (κ3) is 32.1. The Morgan fingerprint density at radius 1 is 0.537 bits per heavy atom. The maximum absolute atomic E-state index is 15.6. The third-order valence-corrected chi connectivity index (χ3v) is 21.9. The molecule has 0 saturated carbocycles. The van der Waals surface area contributed by atoms with Crippen LogP contribution in [-0.2, 0) is 123 Å². The SMILES string of the molecule is CC(C)C[C@H](NC(=O)[C@@H](Cc1ccc(CN(CS(N)(=O)=O)CS(N)(=O)=O)cc1)NC(=O)[C@H](Cc1ccc(CN2CCOCC2)cc1)NC(=O)[C@H](CO)NC(=O)[C@@H](Cc1ccccc1)NC(=O)[C@@H](Cc1ccc(Cl)cc1)NC(=O)[C@@H](Cc1ccc2ccccc2c1)NCC(=O)O)C(=O)N[C@@H](CCCNC(=N)N)C(=O)N1CCC[C@H]1C(=O)N[C@H](C)C(N)=O. The van der Waals surface area contributed by atoms with Gasteiger partial charge in [0, 0.05) is 70.0 Å². The monoisotopic (exact) mass is 1730 g/mol. The van der Waals surface area contributed by atoms with Crippen LogP contribution in [0, 0.1) is 11.3 Å². The number of amides is 10. The van der Waals surface area contributed by atoms with E-state index in [9.17, 15) is 55.8 Å². The summed E-state index contributed by atoms with van der Waals surface area (Å²) in [4.78, 5) is 163. The zero-order chi connectivity index (χ0) is 88.1. The minimum Gasteiger partial charge on any atom is -0.480 e. The minimum atomic E-state index is -4.29. The molecule has 36 nitrogen and oxygen atoms in total. The zero-order valence-electron chi connectivity index (χ0n) is 67.5. The zero-order valence-corrected chi connectivity index (χ0v) is 69.9. The van der Waals surface area contributed by atoms with Crippen molar-refractivity contribution in [2.24, 2.45) is 27.7 Å². The number of nitrogens with one attached hydrogen (secondary N) is 11. The molecule has 2 saturated heterocycles. The normalized spacial score (nSPS) is 16.0. The van der Waals surface area contributed by atoms with Gasteiger partial charge in [0.2, 0.25) is 79.1 Å². The third-order valence-electron chi connectivity index (χ3n) is 20.2. The molecule has 0 aliphatic carbocycles. The van der Waals surface area contributed by atoms with Crippen LogP contribution in [0.1, 0.15) is 91.8 Å². The molecule has 0 radical (unpaired) electrons. The van der Waals surface area contributed by atoms with Crippen LogP contribution in [-0.4, -0.2) is 237 Å². The number of morpholine rings is 1. The van der Waals surface area contributed by atoms with Gasteiger partial charge < -0.3 is 79.2 Å². The second kappa shape index (κ2) is 46.1. The Hall–Kier alpha value is -11.1. The minimum absolute atomic E-state index is 0.0198. The molecule has 2 fully saturated rings. The molecule has 10 atom stereocenters. The largest absolute Gasteiger partial charge is 0.480 e. The van der Waals surface area contributed by atoms with E-state index < -0.39 is 177 Å². The summed E-state index contributed by atoms with van der Waals surface area (Å²) >= 11 is 6.28. The lowest BCUT2D eigenvalue weighted by molar-refractivity contribution is -0.142. The molecule has 2 aliphatic rings. The highest BCUT2D eigenvalue weighted by atomic mass is 35.5. The summed E-state index contributed by atoms with van der Waals surface area (Å²) in [5.74, 6) is -12.7. The average molecular weight is 1730 g/mol. The molecule has 39 heteroatoms. The van der Waals surface area contributed by atoms with Crippen molar-refractivity contribution in [2.45, 2.75) is 158 Å². The number of aliphatic carboxylic acids is 1. The Kier molecular flexibility index (Phi) is 36.3. The van der Waals surface area contributed by atoms with Gasteiger partial charge in [0.25, 0.3) is 0 Å². The fourth-order valence-corrected chi connectivity index (χ4v) is 15.7. The molecule has 6 aromatic rings. The number of carboxylic acids is 1. The van der Waals surface area contributed by atoms with E-state index in [1.807, 2.05) is 48.5 Å². The molecule has 2 aliphatic heterocycles. The van der Waals surface area contributed by atoms with Crippen molar-refractivity contribution < 1.29 is 84.5 Å². The van der Waals surface area contributed by atoms with Gasteiger partial charge in [-0.2, -0.15) is 0 Å². The molecule has 10 amide bonds. The Morgan fingerprint density at radius 3 is 1.48 bits per heavy atom. The number of nitrogens with zero attached hydrogens (tertiary/aromatic N) is 3. The second-order valence-electron chi connectivity index (χ2n) is 30.6. The summed E-state index contributed by atoms with van der Waals surface area (Å²) in [5.41, 5.74) is 14.7. The number of likely N-dealkylation sites (tertiary alicyclic amines) is 1. The number of halogens is 1. The van der Waals surface area contributed by atoms with E-state index in [4.69, 9.17) is 43.5 Å². The van der Waals surface area contributed by atoms with Crippen molar-refractivity contribution in [3.63, 3.8) is 0 Å². The number of aliphatic hydroxyl groups excluding tert-OH is 1. The fraction of sp³-hybridized carbons (Fsp3) is 0.439. The Bertz CT molecular complexity index is 4790. The Morgan fingerprint density at radius 2 is 0.975 bits per heavy atom. The summed E-state index contributed by atoms with van der Waals surface area (Å²) in [6.45, 7) is 5.88. The maximum atomic E-state index is 15.6. The number of carbonyl (C=O) groups is 11. The van der Waals surface area contributed by atoms with Gasteiger partial charge in [-0.3, -0.25) is 73.3 Å². The van der Waals surface area contributed by atoms with Gasteiger partial charge >= 0.3 is 5.97 Å². The first-order valence-corrected chi connectivity index (χ1v) is 43.4. The van der Waals surface area contributed by atoms with Crippen LogP contribution in [0.5, 0.6) is 0 Å². The predicted molar refractivity (Wildman–Crippen MR) is 451 cm³/mol. The van der Waals surface area contributed by atoms with Crippen molar-refractivity contribution in [3.8, 4) is 0 Å². The molecule has 2 heterocycles. The first-order valence-electron chi connectivity index (χ1n) is 39.6. The molecule has 0 spiro atoms. The highest BCUT2D eigenvalue weighted by Crippen LogP contribution is 2.23. The first-order chi connectivity index (χ1) is 57.4. The number of carbonyl (C=O) groups excluding carboxylic acids is 10. The summed E-state index contributed by atoms with van der Waals surface area (Å²) in [5, 5.41) is 68.5. The van der Waals surface area contributed by atoms with Gasteiger partial charge in [0.1, 0.15) is 66.1 Å². The van der Waals surface area contributed by atoms with Crippen molar-refractivity contribution in [1.82, 2.24) is 67.9 Å². The number of hydrogen-bond donors (Lipinski definition) is 17. The number of fused-ring (bicyclic) bond motifs is 1. The first kappa shape index (κ1) is 95.4. The number of nitrogens with two attached hydrogens (primary N) is 4. The summed E-state index contributed by atoms with van der Waals surface area (Å²) in [6, 6.07) is 26.3. The number of benzene rings is 6. The van der Waals surface area contributed by atoms with Crippen LogP contribution in [0.2, 0.25) is 5.02 Å². The van der Waals surface area contributed by atoms with E-state index in [-0.39, 0.29) is 82.9 Å². The van der Waals surface area contributed by atoms with Crippen LogP contribution >= 0.6 is 11.6 Å². The summed E-state index contributed by atoms with van der Waals surface area (Å²) in [7, 11) is -8.59. The van der Waals surface area contributed by atoms with Crippen molar-refractivity contribution in [3.05, 3.63) is 190 Å². The van der Waals surface area contributed by atoms with Crippen LogP contribution in [0.4, 0.5) is 0 Å². The molecule has 8 rings (SSSR count). The molecule has 121 heavy (non-hydrogen) atoms. The summed E-state index contributed by atoms with van der Waals surface area (Å²) in [6.07, 6.45) is -0.624. The van der Waals surface area contributed by atoms with Crippen LogP contribution in [0.25, 0.3) is 10.8 Å². The molecular weight excluding hydrogens is 1620 g/mol. The number of rotatable bonds is 46. The number of aliphatic hydroxyl groups is 1. The van der Waals surface area contributed by atoms with Gasteiger partial charge in [0.05, 0.1) is 32.4 Å². The van der Waals surface area contributed by atoms with Gasteiger partial charge in [-0.05, 0) is 113 Å². The van der Waals surface area contributed by atoms with Crippen LogP contribution in [0.3, 0.4) is 0 Å². The average Bonchev–Trinajstić information content (AvgIpc) is 1.57. The number of guanidine groups is 1. The topological polar surface area (TPSA) is 564 Å². The molecule has 0 aromatic heterocycles. The second-order valence-corrected chi connectivity index (χ2v) is 34.2. The molecule has 6 aromatic carbocycles. The van der Waals surface area contributed by atoms with E-state index in [2.05, 4.69) is 58.1 Å². The Labute approximate surface area is 707 Å². The standard InChI is InChI=1S/C82H109ClN18O18S2/c1-50(2)37-64(74(107)92-62(15-9-31-89-82(85)86)81(114)101-32-10-16-70(101)80(113)91-51(3)72(84)105)93-75(108)67(40-54-19-23-57(24-20-54)46-100(48-120(87,115)116)49-121(88,117)118)96-77(110)68(41-53-17-21-56(22-18-53)45-99-33-35-119-36-34-99)97-79(112)69(47-102)98-78(111)65(39-52-11-5-4-6-12-52)95-76(109)66(42-55-26-29-61(83)30-27-55)94-73(106)63(90-44-71(103)104)43-58-25-28-59-13-7-8-14-60(59)38-58/h4-8,11-14,17-30,38,50-51,62-70,90,102H,9-10,15-16,31-37,39-49H2,1-3H3,(H2,84,105)(H,91,113)(H,92,107)(H,93,108)(H,94,106)(H,95,109)(H,96,110)(H,97,112)(H,98,111)(H,103,104)(H4,85,86,89)(H2,87,115,116)(H2,88,117,118)/t51-,62+,63-,64+,65-,66-,67-,68+,69+,70+/m1/s1. The lowest BCUT2D eigenvalue weighted by Crippen LogP contribution is -2.62. The van der Waals surface area contributed by atoms with Crippen molar-refractivity contribution in [1.29, 1.82) is 5.41 Å². The molecular formula is C82H109ClN18O18S2. The molecule has 0 bridgehead atoms. The van der Waals surface area contributed by atoms with Crippen molar-refractivity contribution >= 4 is 113 Å². The van der Waals surface area contributed by atoms with Crippen LogP contribution in [0.15, 0.2) is 146 Å². The highest BCUT2D eigenvalue weighted by Gasteiger charge is 2.41. The van der Waals surface area contributed by atoms with Gasteiger partial charge in [-0.1, -0.05) is 159 Å². The number of primary sulfonamides is 2. The molecule has 0 unspecified atom stereocenters. The van der Waals surface area contributed by atoms with E-state index in [0.717, 1.165) is 21.2 Å². The van der Waals surface area contributed by atoms with E-state index in [0.29, 0.717) is 77.7 Å². The predicted octanol–water partition coefficient (Wildman–Crippen LogP) is -1.15. The van der Waals surface area contributed by atoms with E-state index in [1.54, 1.807) is 86.6 Å². The Balaban J connectivity index is 1.12. The highest BCUT2D eigenvalue weighted by molar-refractivity contribution is 7.89. The van der Waals surface area contributed by atoms with Gasteiger partial charge in [0.15, 0.2) is 5.96 Å². The smallest absolute Gasteiger partial charge is 0.317 e. The lowest BCUT2D eigenvalue weighted by atomic mass is 9.99. The number of hydrogen-bond acceptors (Lipinski definition) is 21. The van der Waals surface area contributed by atoms with E-state index in [1.165, 1.54) is 36.1 Å². The molecule has 21 N–H and O–H groups in total. The lowest BCUT2D eigenvalue weighted by Gasteiger charge is -2.31. The quantitative estimate of drug-likeness (QED) is 0.0122. The number of primary amides is 1. The van der Waals surface area contributed by atoms with E-state index >= 15 is 24.0 Å². The fourth-order valence-electron chi connectivity index (χ4n) is 14.0. The summed E-state index contributed by atoms with van der Waals surface area (Å²) < 4.78 is 54.6. The van der Waals surface area contributed by atoms with Gasteiger partial charge in [-0.25, -0.2) is 27.1 Å². The number of carboxylic acid groups (broad SMARTS) is 1. The molecule has 654 valence electrons. The number of sulfonamides is 2. The number of ether oxygens (including phenoxy) is 1. The van der Waals surface area contributed by atoms with Crippen molar-refractivity contribution in [2.75, 3.05) is 64.3 Å².